The first-order valence-corrected chi connectivity index (χ1v) is 7.23. The summed E-state index contributed by atoms with van der Waals surface area (Å²) in [7, 11) is 0. The molecule has 0 unspecified atom stereocenters. The summed E-state index contributed by atoms with van der Waals surface area (Å²) in [4.78, 5) is 12.8. The fourth-order valence-electron chi connectivity index (χ4n) is 3.14. The van der Waals surface area contributed by atoms with Crippen LogP contribution in [-0.2, 0) is 10.2 Å². The fraction of sp³-hybridized carbons (Fsp3) is 0.278. The van der Waals surface area contributed by atoms with Crippen LogP contribution >= 0.6 is 0 Å². The first-order chi connectivity index (χ1) is 9.84. The number of hydrogen-bond acceptors (Lipinski definition) is 1. The molecule has 0 saturated carbocycles. The van der Waals surface area contributed by atoms with Crippen molar-refractivity contribution in [1.29, 1.82) is 0 Å². The Morgan fingerprint density at radius 1 is 0.800 bits per heavy atom. The molecule has 102 valence electrons. The van der Waals surface area contributed by atoms with Crippen LogP contribution in [-0.4, -0.2) is 12.5 Å². The van der Waals surface area contributed by atoms with E-state index in [9.17, 15) is 4.79 Å². The Morgan fingerprint density at radius 2 is 1.35 bits per heavy atom. The molecular formula is C18H19NO. The molecule has 1 amide bonds. The molecule has 0 radical (unpaired) electrons. The van der Waals surface area contributed by atoms with E-state index in [2.05, 4.69) is 29.6 Å². The summed E-state index contributed by atoms with van der Waals surface area (Å²) < 4.78 is 0. The highest BCUT2D eigenvalue weighted by Crippen LogP contribution is 2.38. The number of carbonyl (C=O) groups is 1. The van der Waals surface area contributed by atoms with Gasteiger partial charge in [0.05, 0.1) is 5.41 Å². The molecular weight excluding hydrogens is 246 g/mol. The molecule has 1 aliphatic heterocycles. The largest absolute Gasteiger partial charge is 0.355 e. The van der Waals surface area contributed by atoms with Gasteiger partial charge in [-0.2, -0.15) is 0 Å². The lowest BCUT2D eigenvalue weighted by Gasteiger charge is -2.32. The molecule has 0 aromatic heterocycles. The van der Waals surface area contributed by atoms with Crippen molar-refractivity contribution >= 4 is 5.91 Å². The van der Waals surface area contributed by atoms with E-state index in [4.69, 9.17) is 0 Å². The Kier molecular flexibility index (Phi) is 3.55. The van der Waals surface area contributed by atoms with E-state index in [0.29, 0.717) is 0 Å². The zero-order chi connectivity index (χ0) is 13.8. The first kappa shape index (κ1) is 12.9. The molecule has 2 aromatic rings. The lowest BCUT2D eigenvalue weighted by molar-refractivity contribution is -0.125. The van der Waals surface area contributed by atoms with Crippen LogP contribution in [0, 0.1) is 0 Å². The van der Waals surface area contributed by atoms with Gasteiger partial charge in [0.2, 0.25) is 5.91 Å². The molecule has 0 atom stereocenters. The monoisotopic (exact) mass is 265 g/mol. The van der Waals surface area contributed by atoms with Crippen LogP contribution in [0.25, 0.3) is 0 Å². The van der Waals surface area contributed by atoms with E-state index in [1.807, 2.05) is 36.4 Å². The highest BCUT2D eigenvalue weighted by atomic mass is 16.2. The van der Waals surface area contributed by atoms with Gasteiger partial charge in [0, 0.05) is 6.54 Å². The van der Waals surface area contributed by atoms with Crippen molar-refractivity contribution in [1.82, 2.24) is 5.32 Å². The second-order valence-corrected chi connectivity index (χ2v) is 5.35. The third-order valence-corrected chi connectivity index (χ3v) is 4.18. The summed E-state index contributed by atoms with van der Waals surface area (Å²) in [5, 5.41) is 3.09. The van der Waals surface area contributed by atoms with Gasteiger partial charge >= 0.3 is 0 Å². The summed E-state index contributed by atoms with van der Waals surface area (Å²) in [6.45, 7) is 0.778. The third kappa shape index (κ3) is 2.11. The van der Waals surface area contributed by atoms with Gasteiger partial charge in [0.25, 0.3) is 0 Å². The minimum absolute atomic E-state index is 0.132. The Bertz CT molecular complexity index is 537. The maximum atomic E-state index is 12.8. The summed E-state index contributed by atoms with van der Waals surface area (Å²) >= 11 is 0. The van der Waals surface area contributed by atoms with E-state index in [1.54, 1.807) is 0 Å². The average molecular weight is 265 g/mol. The highest BCUT2D eigenvalue weighted by molar-refractivity contribution is 5.92. The van der Waals surface area contributed by atoms with Crippen molar-refractivity contribution in [2.75, 3.05) is 6.54 Å². The minimum atomic E-state index is -0.543. The van der Waals surface area contributed by atoms with Crippen LogP contribution in [0.2, 0.25) is 0 Å². The van der Waals surface area contributed by atoms with E-state index >= 15 is 0 Å². The van der Waals surface area contributed by atoms with Crippen LogP contribution in [0.5, 0.6) is 0 Å². The molecule has 0 spiro atoms. The van der Waals surface area contributed by atoms with Crippen LogP contribution in [0.1, 0.15) is 30.4 Å². The highest BCUT2D eigenvalue weighted by Gasteiger charge is 2.42. The van der Waals surface area contributed by atoms with Gasteiger partial charge in [0.15, 0.2) is 0 Å². The molecule has 1 aliphatic rings. The Morgan fingerprint density at radius 3 is 1.90 bits per heavy atom. The first-order valence-electron chi connectivity index (χ1n) is 7.23. The standard InChI is InChI=1S/C18H19NO/c20-17-18(13-7-8-14-19-17,15-9-3-1-4-10-15)16-11-5-2-6-12-16/h1-6,9-12H,7-8,13-14H2,(H,19,20). The maximum Gasteiger partial charge on any atom is 0.235 e. The van der Waals surface area contributed by atoms with Crippen molar-refractivity contribution < 1.29 is 4.79 Å². The molecule has 20 heavy (non-hydrogen) atoms. The number of carbonyl (C=O) groups excluding carboxylic acids is 1. The summed E-state index contributed by atoms with van der Waals surface area (Å²) in [5.41, 5.74) is 1.63. The summed E-state index contributed by atoms with van der Waals surface area (Å²) in [6.07, 6.45) is 2.97. The van der Waals surface area contributed by atoms with Gasteiger partial charge in [-0.15, -0.1) is 0 Å². The van der Waals surface area contributed by atoms with E-state index < -0.39 is 5.41 Å². The number of hydrogen-bond donors (Lipinski definition) is 1. The molecule has 2 aromatic carbocycles. The Labute approximate surface area is 119 Å². The fourth-order valence-corrected chi connectivity index (χ4v) is 3.14. The van der Waals surface area contributed by atoms with Gasteiger partial charge in [-0.05, 0) is 30.4 Å². The Hall–Kier alpha value is -2.09. The third-order valence-electron chi connectivity index (χ3n) is 4.18. The second kappa shape index (κ2) is 5.49. The van der Waals surface area contributed by atoms with Gasteiger partial charge in [-0.25, -0.2) is 0 Å². The molecule has 3 rings (SSSR count). The number of nitrogens with one attached hydrogen (secondary N) is 1. The molecule has 0 bridgehead atoms. The summed E-state index contributed by atoms with van der Waals surface area (Å²) in [6, 6.07) is 20.3. The van der Waals surface area contributed by atoms with Crippen LogP contribution in [0.4, 0.5) is 0 Å². The van der Waals surface area contributed by atoms with E-state index in [1.165, 1.54) is 0 Å². The van der Waals surface area contributed by atoms with Crippen molar-refractivity contribution in [2.24, 2.45) is 0 Å². The van der Waals surface area contributed by atoms with Gasteiger partial charge in [-0.3, -0.25) is 4.79 Å². The van der Waals surface area contributed by atoms with Gasteiger partial charge in [-0.1, -0.05) is 60.7 Å². The van der Waals surface area contributed by atoms with Crippen LogP contribution in [0.3, 0.4) is 0 Å². The number of rotatable bonds is 2. The quantitative estimate of drug-likeness (QED) is 0.887. The van der Waals surface area contributed by atoms with Crippen molar-refractivity contribution in [3.05, 3.63) is 71.8 Å². The number of benzene rings is 2. The maximum absolute atomic E-state index is 12.8. The average Bonchev–Trinajstić information content (AvgIpc) is 2.72. The molecule has 1 saturated heterocycles. The van der Waals surface area contributed by atoms with Crippen molar-refractivity contribution in [2.45, 2.75) is 24.7 Å². The smallest absolute Gasteiger partial charge is 0.235 e. The zero-order valence-corrected chi connectivity index (χ0v) is 11.5. The lowest BCUT2D eigenvalue weighted by atomic mass is 9.71. The molecule has 1 fully saturated rings. The van der Waals surface area contributed by atoms with Gasteiger partial charge in [0.1, 0.15) is 0 Å². The van der Waals surface area contributed by atoms with Crippen molar-refractivity contribution in [3.63, 3.8) is 0 Å². The van der Waals surface area contributed by atoms with Crippen LogP contribution < -0.4 is 5.32 Å². The molecule has 1 N–H and O–H groups in total. The van der Waals surface area contributed by atoms with Crippen LogP contribution in [0.15, 0.2) is 60.7 Å². The molecule has 1 heterocycles. The van der Waals surface area contributed by atoms with E-state index in [0.717, 1.165) is 36.9 Å². The topological polar surface area (TPSA) is 29.1 Å². The number of amides is 1. The Balaban J connectivity index is 2.19. The molecule has 0 aliphatic carbocycles. The second-order valence-electron chi connectivity index (χ2n) is 5.35. The lowest BCUT2D eigenvalue weighted by Crippen LogP contribution is -2.43. The predicted octanol–water partition coefficient (Wildman–Crippen LogP) is 3.27. The SMILES string of the molecule is O=C1NCCCCC1(c1ccccc1)c1ccccc1. The molecule has 2 nitrogen and oxygen atoms in total. The van der Waals surface area contributed by atoms with Crippen molar-refractivity contribution in [3.8, 4) is 0 Å². The van der Waals surface area contributed by atoms with E-state index in [-0.39, 0.29) is 5.91 Å². The minimum Gasteiger partial charge on any atom is -0.355 e. The van der Waals surface area contributed by atoms with Gasteiger partial charge < -0.3 is 5.32 Å². The molecule has 2 heteroatoms. The normalized spacial score (nSPS) is 18.1. The predicted molar refractivity (Wildman–Crippen MR) is 80.5 cm³/mol. The summed E-state index contributed by atoms with van der Waals surface area (Å²) in [5.74, 6) is 0.132. The zero-order valence-electron chi connectivity index (χ0n) is 11.5.